The van der Waals surface area contributed by atoms with E-state index in [0.29, 0.717) is 17.9 Å². The topological polar surface area (TPSA) is 100 Å². The largest absolute Gasteiger partial charge is 0.493 e. The molecule has 0 fully saturated rings. The maximum atomic E-state index is 12.7. The van der Waals surface area contributed by atoms with Crippen LogP contribution in [0.1, 0.15) is 34.1 Å². The van der Waals surface area contributed by atoms with E-state index in [9.17, 15) is 14.4 Å². The minimum absolute atomic E-state index is 0.101. The van der Waals surface area contributed by atoms with E-state index in [-0.39, 0.29) is 16.8 Å². The predicted octanol–water partition coefficient (Wildman–Crippen LogP) is 3.06. The Morgan fingerprint density at radius 1 is 0.897 bits per heavy atom. The van der Waals surface area contributed by atoms with Crippen LogP contribution in [0.15, 0.2) is 42.5 Å². The zero-order chi connectivity index (χ0) is 21.4. The monoisotopic (exact) mass is 401 g/mol. The van der Waals surface area contributed by atoms with Crippen LogP contribution in [-0.4, -0.2) is 45.3 Å². The lowest BCUT2D eigenvalue weighted by atomic mass is 10.1. The van der Waals surface area contributed by atoms with E-state index >= 15 is 0 Å². The van der Waals surface area contributed by atoms with Crippen LogP contribution in [0.25, 0.3) is 0 Å². The molecule has 0 aliphatic heterocycles. The Morgan fingerprint density at radius 3 is 1.93 bits per heavy atom. The molecule has 0 bridgehead atoms. The van der Waals surface area contributed by atoms with Gasteiger partial charge in [0.15, 0.2) is 17.6 Å². The molecule has 1 N–H and O–H groups in total. The van der Waals surface area contributed by atoms with Gasteiger partial charge in [0.1, 0.15) is 0 Å². The summed E-state index contributed by atoms with van der Waals surface area (Å²) >= 11 is 0. The first-order chi connectivity index (χ1) is 13.9. The average molecular weight is 401 g/mol. The van der Waals surface area contributed by atoms with Gasteiger partial charge in [-0.1, -0.05) is 19.1 Å². The molecule has 2 rings (SSSR count). The van der Waals surface area contributed by atoms with Crippen LogP contribution >= 0.6 is 0 Å². The number of para-hydroxylation sites is 2. The van der Waals surface area contributed by atoms with Crippen molar-refractivity contribution in [3.05, 3.63) is 53.6 Å². The van der Waals surface area contributed by atoms with Crippen molar-refractivity contribution in [3.63, 3.8) is 0 Å². The van der Waals surface area contributed by atoms with Gasteiger partial charge in [-0.15, -0.1) is 0 Å². The smallest absolute Gasteiger partial charge is 0.337 e. The fraction of sp³-hybridized carbons (Fsp3) is 0.286. The van der Waals surface area contributed by atoms with Gasteiger partial charge in [-0.05, 0) is 36.8 Å². The van der Waals surface area contributed by atoms with Crippen molar-refractivity contribution in [1.82, 2.24) is 0 Å². The van der Waals surface area contributed by atoms with Crippen LogP contribution in [0.4, 0.5) is 5.69 Å². The van der Waals surface area contributed by atoms with Gasteiger partial charge < -0.3 is 24.3 Å². The first-order valence-corrected chi connectivity index (χ1v) is 8.85. The third-order valence-corrected chi connectivity index (χ3v) is 4.04. The fourth-order valence-corrected chi connectivity index (χ4v) is 2.59. The molecule has 0 unspecified atom stereocenters. The standard InChI is InChI=1S/C21H23NO7/c1-5-16(29-18-9-7-6-8-17(18)26-2)19(23)22-15-11-13(20(24)27-3)10-14(12-15)21(25)28-4/h6-12,16H,5H2,1-4H3,(H,22,23)/t16-/m1/s1. The van der Waals surface area contributed by atoms with E-state index in [1.54, 1.807) is 31.2 Å². The molecule has 8 heteroatoms. The first kappa shape index (κ1) is 21.7. The van der Waals surface area contributed by atoms with Crippen LogP contribution in [0.2, 0.25) is 0 Å². The zero-order valence-electron chi connectivity index (χ0n) is 16.7. The number of benzene rings is 2. The number of anilines is 1. The molecule has 0 spiro atoms. The number of hydrogen-bond donors (Lipinski definition) is 1. The maximum Gasteiger partial charge on any atom is 0.337 e. The number of carbonyl (C=O) groups excluding carboxylic acids is 3. The van der Waals surface area contributed by atoms with E-state index in [0.717, 1.165) is 0 Å². The Kier molecular flexibility index (Phi) is 7.59. The number of amides is 1. The van der Waals surface area contributed by atoms with Crippen molar-refractivity contribution in [3.8, 4) is 11.5 Å². The Labute approximate surface area is 168 Å². The molecule has 0 aromatic heterocycles. The number of methoxy groups -OCH3 is 3. The lowest BCUT2D eigenvalue weighted by molar-refractivity contribution is -0.122. The Morgan fingerprint density at radius 2 is 1.45 bits per heavy atom. The second kappa shape index (κ2) is 10.1. The molecule has 154 valence electrons. The Bertz CT molecular complexity index is 860. The molecule has 0 aliphatic rings. The second-order valence-corrected chi connectivity index (χ2v) is 5.94. The van der Waals surface area contributed by atoms with E-state index in [4.69, 9.17) is 18.9 Å². The van der Waals surface area contributed by atoms with Crippen LogP contribution in [0, 0.1) is 0 Å². The minimum atomic E-state index is -0.824. The Hall–Kier alpha value is -3.55. The van der Waals surface area contributed by atoms with Crippen molar-refractivity contribution in [2.75, 3.05) is 26.6 Å². The molecule has 0 heterocycles. The summed E-state index contributed by atoms with van der Waals surface area (Å²) in [7, 11) is 3.95. The number of hydrogen-bond acceptors (Lipinski definition) is 7. The maximum absolute atomic E-state index is 12.7. The van der Waals surface area contributed by atoms with Crippen LogP contribution in [0.5, 0.6) is 11.5 Å². The van der Waals surface area contributed by atoms with Crippen molar-refractivity contribution < 1.29 is 33.3 Å². The molecule has 0 saturated carbocycles. The van der Waals surface area contributed by atoms with Crippen LogP contribution in [-0.2, 0) is 14.3 Å². The number of ether oxygens (including phenoxy) is 4. The summed E-state index contributed by atoms with van der Waals surface area (Å²) < 4.78 is 20.4. The summed E-state index contributed by atoms with van der Waals surface area (Å²) in [5.74, 6) is -0.821. The molecule has 2 aromatic rings. The van der Waals surface area contributed by atoms with Gasteiger partial charge in [-0.2, -0.15) is 0 Å². The molecule has 0 aliphatic carbocycles. The molecule has 29 heavy (non-hydrogen) atoms. The highest BCUT2D eigenvalue weighted by atomic mass is 16.5. The SMILES string of the molecule is CC[C@@H](Oc1ccccc1OC)C(=O)Nc1cc(C(=O)OC)cc(C(=O)OC)c1. The zero-order valence-corrected chi connectivity index (χ0v) is 16.7. The van der Waals surface area contributed by atoms with Gasteiger partial charge >= 0.3 is 11.9 Å². The van der Waals surface area contributed by atoms with Gasteiger partial charge in [-0.25, -0.2) is 9.59 Å². The molecule has 2 aromatic carbocycles. The van der Waals surface area contributed by atoms with Crippen molar-refractivity contribution >= 4 is 23.5 Å². The quantitative estimate of drug-likeness (QED) is 0.679. The molecule has 1 atom stereocenters. The van der Waals surface area contributed by atoms with E-state index in [1.165, 1.54) is 39.5 Å². The van der Waals surface area contributed by atoms with Crippen molar-refractivity contribution in [2.45, 2.75) is 19.4 Å². The fourth-order valence-electron chi connectivity index (χ4n) is 2.59. The van der Waals surface area contributed by atoms with Crippen LogP contribution < -0.4 is 14.8 Å². The lowest BCUT2D eigenvalue weighted by Crippen LogP contribution is -2.32. The molecule has 1 amide bonds. The summed E-state index contributed by atoms with van der Waals surface area (Å²) in [6.07, 6.45) is -0.445. The van der Waals surface area contributed by atoms with Gasteiger partial charge in [0.2, 0.25) is 0 Å². The minimum Gasteiger partial charge on any atom is -0.493 e. The molecule has 8 nitrogen and oxygen atoms in total. The highest BCUT2D eigenvalue weighted by Gasteiger charge is 2.22. The summed E-state index contributed by atoms with van der Waals surface area (Å²) in [5.41, 5.74) is 0.439. The van der Waals surface area contributed by atoms with Gasteiger partial charge in [0, 0.05) is 5.69 Å². The number of nitrogens with one attached hydrogen (secondary N) is 1. The number of carbonyl (C=O) groups is 3. The van der Waals surface area contributed by atoms with Gasteiger partial charge in [-0.3, -0.25) is 4.79 Å². The third kappa shape index (κ3) is 5.47. The first-order valence-electron chi connectivity index (χ1n) is 8.85. The van der Waals surface area contributed by atoms with Crippen LogP contribution in [0.3, 0.4) is 0 Å². The lowest BCUT2D eigenvalue weighted by Gasteiger charge is -2.19. The molecule has 0 saturated heterocycles. The van der Waals surface area contributed by atoms with Crippen molar-refractivity contribution in [1.29, 1.82) is 0 Å². The number of rotatable bonds is 8. The molecule has 0 radical (unpaired) electrons. The van der Waals surface area contributed by atoms with Gasteiger partial charge in [0.05, 0.1) is 32.5 Å². The second-order valence-electron chi connectivity index (χ2n) is 5.94. The molecular weight excluding hydrogens is 378 g/mol. The summed E-state index contributed by atoms with van der Waals surface area (Å²) in [6, 6.07) is 11.1. The predicted molar refractivity (Wildman–Crippen MR) is 105 cm³/mol. The third-order valence-electron chi connectivity index (χ3n) is 4.04. The summed E-state index contributed by atoms with van der Waals surface area (Å²) in [4.78, 5) is 36.5. The van der Waals surface area contributed by atoms with E-state index in [2.05, 4.69) is 5.32 Å². The van der Waals surface area contributed by atoms with Gasteiger partial charge in [0.25, 0.3) is 5.91 Å². The normalized spacial score (nSPS) is 11.2. The Balaban J connectivity index is 2.27. The van der Waals surface area contributed by atoms with E-state index in [1.807, 2.05) is 0 Å². The average Bonchev–Trinajstić information content (AvgIpc) is 2.75. The number of esters is 2. The highest BCUT2D eigenvalue weighted by molar-refractivity contribution is 6.00. The summed E-state index contributed by atoms with van der Waals surface area (Å²) in [5, 5.41) is 2.67. The molecular formula is C21H23NO7. The van der Waals surface area contributed by atoms with Crippen molar-refractivity contribution in [2.24, 2.45) is 0 Å². The van der Waals surface area contributed by atoms with E-state index < -0.39 is 23.9 Å². The summed E-state index contributed by atoms with van der Waals surface area (Å²) in [6.45, 7) is 1.80. The highest BCUT2D eigenvalue weighted by Crippen LogP contribution is 2.27.